The van der Waals surface area contributed by atoms with Crippen molar-refractivity contribution < 1.29 is 14.3 Å². The summed E-state index contributed by atoms with van der Waals surface area (Å²) in [6.45, 7) is 5.41. The SMILES string of the molecule is COc1ccc(C=CC2OC(C)(C)CN2OCc2ccccc2)cc1. The van der Waals surface area contributed by atoms with Gasteiger partial charge in [0, 0.05) is 0 Å². The number of methoxy groups -OCH3 is 1. The lowest BCUT2D eigenvalue weighted by Gasteiger charge is -2.19. The zero-order chi connectivity index (χ0) is 17.7. The van der Waals surface area contributed by atoms with Gasteiger partial charge in [-0.2, -0.15) is 5.06 Å². The molecule has 1 aliphatic rings. The van der Waals surface area contributed by atoms with Crippen molar-refractivity contribution in [3.8, 4) is 5.75 Å². The van der Waals surface area contributed by atoms with Crippen molar-refractivity contribution in [2.45, 2.75) is 32.3 Å². The molecule has 132 valence electrons. The number of benzene rings is 2. The Morgan fingerprint density at radius 1 is 1.12 bits per heavy atom. The highest BCUT2D eigenvalue weighted by molar-refractivity contribution is 5.51. The average Bonchev–Trinajstić information content (AvgIpc) is 2.93. The van der Waals surface area contributed by atoms with Crippen LogP contribution in [0.5, 0.6) is 5.75 Å². The molecular formula is C21H25NO3. The molecule has 4 nitrogen and oxygen atoms in total. The molecule has 4 heteroatoms. The first-order chi connectivity index (χ1) is 12.1. The van der Waals surface area contributed by atoms with E-state index in [1.807, 2.05) is 59.7 Å². The van der Waals surface area contributed by atoms with E-state index in [0.717, 1.165) is 23.4 Å². The summed E-state index contributed by atoms with van der Waals surface area (Å²) in [5.74, 6) is 0.850. The molecule has 0 saturated carbocycles. The Kier molecular flexibility index (Phi) is 5.53. The molecule has 1 unspecified atom stereocenters. The van der Waals surface area contributed by atoms with Crippen molar-refractivity contribution in [3.63, 3.8) is 0 Å². The van der Waals surface area contributed by atoms with Crippen LogP contribution in [0.15, 0.2) is 60.7 Å². The van der Waals surface area contributed by atoms with Crippen LogP contribution in [0.2, 0.25) is 0 Å². The Bertz CT molecular complexity index is 695. The fourth-order valence-corrected chi connectivity index (χ4v) is 2.78. The van der Waals surface area contributed by atoms with E-state index in [4.69, 9.17) is 14.3 Å². The second-order valence-corrected chi connectivity index (χ2v) is 6.73. The summed E-state index contributed by atoms with van der Waals surface area (Å²) in [6, 6.07) is 18.1. The van der Waals surface area contributed by atoms with Crippen LogP contribution in [0.25, 0.3) is 6.08 Å². The van der Waals surface area contributed by atoms with Gasteiger partial charge in [-0.05, 0) is 43.2 Å². The van der Waals surface area contributed by atoms with Crippen molar-refractivity contribution in [1.82, 2.24) is 5.06 Å². The van der Waals surface area contributed by atoms with E-state index in [-0.39, 0.29) is 11.8 Å². The Morgan fingerprint density at radius 3 is 2.52 bits per heavy atom. The van der Waals surface area contributed by atoms with E-state index in [9.17, 15) is 0 Å². The zero-order valence-corrected chi connectivity index (χ0v) is 15.0. The fraction of sp³-hybridized carbons (Fsp3) is 0.333. The maximum atomic E-state index is 6.11. The molecule has 1 heterocycles. The van der Waals surface area contributed by atoms with Crippen LogP contribution in [-0.2, 0) is 16.2 Å². The van der Waals surface area contributed by atoms with Crippen LogP contribution in [0.3, 0.4) is 0 Å². The number of ether oxygens (including phenoxy) is 2. The highest BCUT2D eigenvalue weighted by atomic mass is 16.7. The molecule has 0 amide bonds. The van der Waals surface area contributed by atoms with Crippen LogP contribution in [0.4, 0.5) is 0 Å². The molecule has 0 aromatic heterocycles. The summed E-state index contributed by atoms with van der Waals surface area (Å²) in [6.07, 6.45) is 3.87. The van der Waals surface area contributed by atoms with Crippen LogP contribution in [-0.4, -0.2) is 30.5 Å². The van der Waals surface area contributed by atoms with E-state index < -0.39 is 0 Å². The molecule has 2 aromatic carbocycles. The van der Waals surface area contributed by atoms with Crippen LogP contribution >= 0.6 is 0 Å². The third-order valence-electron chi connectivity index (χ3n) is 4.07. The highest BCUT2D eigenvalue weighted by Crippen LogP contribution is 2.27. The molecule has 1 fully saturated rings. The van der Waals surface area contributed by atoms with Gasteiger partial charge in [-0.1, -0.05) is 48.5 Å². The monoisotopic (exact) mass is 339 g/mol. The number of hydroxylamine groups is 2. The van der Waals surface area contributed by atoms with Crippen molar-refractivity contribution in [2.75, 3.05) is 13.7 Å². The van der Waals surface area contributed by atoms with Gasteiger partial charge in [-0.25, -0.2) is 0 Å². The molecule has 0 aliphatic carbocycles. The predicted molar refractivity (Wildman–Crippen MR) is 98.9 cm³/mol. The lowest BCUT2D eigenvalue weighted by Crippen LogP contribution is -2.30. The molecular weight excluding hydrogens is 314 g/mol. The lowest BCUT2D eigenvalue weighted by atomic mass is 10.1. The van der Waals surface area contributed by atoms with Gasteiger partial charge in [0.15, 0.2) is 6.23 Å². The van der Waals surface area contributed by atoms with Crippen molar-refractivity contribution in [3.05, 3.63) is 71.8 Å². The van der Waals surface area contributed by atoms with Crippen LogP contribution in [0.1, 0.15) is 25.0 Å². The smallest absolute Gasteiger partial charge is 0.153 e. The minimum atomic E-state index is -0.244. The largest absolute Gasteiger partial charge is 0.497 e. The zero-order valence-electron chi connectivity index (χ0n) is 15.0. The minimum absolute atomic E-state index is 0.208. The van der Waals surface area contributed by atoms with Crippen LogP contribution in [0, 0.1) is 0 Å². The summed E-state index contributed by atoms with van der Waals surface area (Å²) >= 11 is 0. The summed E-state index contributed by atoms with van der Waals surface area (Å²) in [5, 5.41) is 1.91. The number of hydrogen-bond donors (Lipinski definition) is 0. The summed E-state index contributed by atoms with van der Waals surface area (Å²) < 4.78 is 11.3. The second kappa shape index (κ2) is 7.83. The molecule has 1 atom stereocenters. The van der Waals surface area contributed by atoms with Gasteiger partial charge >= 0.3 is 0 Å². The lowest BCUT2D eigenvalue weighted by molar-refractivity contribution is -0.198. The number of hydrogen-bond acceptors (Lipinski definition) is 4. The first kappa shape index (κ1) is 17.7. The van der Waals surface area contributed by atoms with Gasteiger partial charge in [-0.3, -0.25) is 4.84 Å². The molecule has 0 bridgehead atoms. The Balaban J connectivity index is 1.65. The standard InChI is InChI=1S/C21H25NO3/c1-21(2)16-22(24-15-18-7-5-4-6-8-18)20(25-21)14-11-17-9-12-19(23-3)13-10-17/h4-14,20H,15-16H2,1-3H3. The quantitative estimate of drug-likeness (QED) is 0.786. The number of nitrogens with zero attached hydrogens (tertiary/aromatic N) is 1. The summed E-state index contributed by atoms with van der Waals surface area (Å²) in [7, 11) is 1.67. The topological polar surface area (TPSA) is 30.9 Å². The van der Waals surface area contributed by atoms with E-state index >= 15 is 0 Å². The van der Waals surface area contributed by atoms with E-state index in [1.165, 1.54) is 0 Å². The van der Waals surface area contributed by atoms with Crippen molar-refractivity contribution >= 4 is 6.08 Å². The molecule has 0 radical (unpaired) electrons. The average molecular weight is 339 g/mol. The maximum Gasteiger partial charge on any atom is 0.153 e. The van der Waals surface area contributed by atoms with Crippen molar-refractivity contribution in [2.24, 2.45) is 0 Å². The molecule has 25 heavy (non-hydrogen) atoms. The van der Waals surface area contributed by atoms with Gasteiger partial charge in [0.05, 0.1) is 25.9 Å². The van der Waals surface area contributed by atoms with Gasteiger partial charge in [0.1, 0.15) is 5.75 Å². The van der Waals surface area contributed by atoms with E-state index in [1.54, 1.807) is 7.11 Å². The Labute approximate surface area is 149 Å². The number of rotatable bonds is 6. The normalized spacial score (nSPS) is 20.2. The highest BCUT2D eigenvalue weighted by Gasteiger charge is 2.37. The maximum absolute atomic E-state index is 6.11. The molecule has 2 aromatic rings. The molecule has 1 aliphatic heterocycles. The summed E-state index contributed by atoms with van der Waals surface area (Å²) in [5.41, 5.74) is 1.99. The molecule has 1 saturated heterocycles. The third kappa shape index (κ3) is 4.92. The van der Waals surface area contributed by atoms with Gasteiger partial charge < -0.3 is 9.47 Å². The fourth-order valence-electron chi connectivity index (χ4n) is 2.78. The van der Waals surface area contributed by atoms with Gasteiger partial charge in [0.25, 0.3) is 0 Å². The molecule has 0 spiro atoms. The Morgan fingerprint density at radius 2 is 1.84 bits per heavy atom. The van der Waals surface area contributed by atoms with Gasteiger partial charge in [-0.15, -0.1) is 0 Å². The second-order valence-electron chi connectivity index (χ2n) is 6.73. The van der Waals surface area contributed by atoms with Crippen molar-refractivity contribution in [1.29, 1.82) is 0 Å². The first-order valence-corrected chi connectivity index (χ1v) is 8.49. The summed E-state index contributed by atoms with van der Waals surface area (Å²) in [4.78, 5) is 6.00. The van der Waals surface area contributed by atoms with E-state index in [0.29, 0.717) is 6.61 Å². The minimum Gasteiger partial charge on any atom is -0.497 e. The first-order valence-electron chi connectivity index (χ1n) is 8.49. The van der Waals surface area contributed by atoms with Gasteiger partial charge in [0.2, 0.25) is 0 Å². The van der Waals surface area contributed by atoms with E-state index in [2.05, 4.69) is 26.0 Å². The molecule has 3 rings (SSSR count). The van der Waals surface area contributed by atoms with Crippen LogP contribution < -0.4 is 4.74 Å². The Hall–Kier alpha value is -2.14. The third-order valence-corrected chi connectivity index (χ3v) is 4.07. The predicted octanol–water partition coefficient (Wildman–Crippen LogP) is 4.28. The molecule has 0 N–H and O–H groups in total.